The van der Waals surface area contributed by atoms with Gasteiger partial charge in [-0.2, -0.15) is 5.26 Å². The molecule has 1 aromatic heterocycles. The molecule has 0 spiro atoms. The first-order valence-electron chi connectivity index (χ1n) is 8.87. The van der Waals surface area contributed by atoms with E-state index in [1.807, 2.05) is 55.4 Å². The van der Waals surface area contributed by atoms with Crippen LogP contribution >= 0.6 is 15.9 Å². The monoisotopic (exact) mass is 449 g/mol. The Hall–Kier alpha value is -3.21. The molecule has 0 bridgehead atoms. The van der Waals surface area contributed by atoms with Gasteiger partial charge >= 0.3 is 0 Å². The molecule has 0 aliphatic rings. The third kappa shape index (κ3) is 4.80. The highest BCUT2D eigenvalue weighted by Crippen LogP contribution is 2.34. The van der Waals surface area contributed by atoms with Crippen LogP contribution in [0.25, 0.3) is 10.9 Å². The van der Waals surface area contributed by atoms with Crippen LogP contribution in [0.1, 0.15) is 11.1 Å². The number of carbonyl (C=O) groups is 1. The molecule has 0 atom stereocenters. The van der Waals surface area contributed by atoms with Gasteiger partial charge in [0.1, 0.15) is 6.07 Å². The van der Waals surface area contributed by atoms with Crippen LogP contribution in [-0.2, 0) is 11.3 Å². The largest absolute Gasteiger partial charge is 0.354 e. The van der Waals surface area contributed by atoms with Gasteiger partial charge in [0, 0.05) is 34.0 Å². The molecule has 1 amide bonds. The Morgan fingerprint density at radius 3 is 2.76 bits per heavy atom. The predicted octanol–water partition coefficient (Wildman–Crippen LogP) is 4.80. The number of anilines is 3. The first-order chi connectivity index (χ1) is 13.9. The van der Waals surface area contributed by atoms with Crippen LogP contribution in [0.5, 0.6) is 0 Å². The van der Waals surface area contributed by atoms with Gasteiger partial charge in [-0.25, -0.2) is 0 Å². The third-order valence-corrected chi connectivity index (χ3v) is 4.70. The van der Waals surface area contributed by atoms with Crippen LogP contribution in [0.15, 0.2) is 59.7 Å². The van der Waals surface area contributed by atoms with E-state index in [-0.39, 0.29) is 5.91 Å². The molecule has 1 heterocycles. The van der Waals surface area contributed by atoms with Crippen LogP contribution in [0.3, 0.4) is 0 Å². The zero-order chi connectivity index (χ0) is 21.0. The minimum Gasteiger partial charge on any atom is -0.354 e. The summed E-state index contributed by atoms with van der Waals surface area (Å²) in [6.45, 7) is 4.13. The van der Waals surface area contributed by atoms with Crippen LogP contribution in [0.4, 0.5) is 17.1 Å². The topological polar surface area (TPSA) is 81.1 Å². The summed E-state index contributed by atoms with van der Waals surface area (Å²) in [5.74, 6) is -0.300. The van der Waals surface area contributed by atoms with Crippen LogP contribution in [0, 0.1) is 11.3 Å². The van der Waals surface area contributed by atoms with Crippen molar-refractivity contribution >= 4 is 49.8 Å². The van der Waals surface area contributed by atoms with Crippen molar-refractivity contribution in [3.05, 3.63) is 70.8 Å². The molecule has 0 fully saturated rings. The van der Waals surface area contributed by atoms with Gasteiger partial charge < -0.3 is 15.5 Å². The Morgan fingerprint density at radius 1 is 1.31 bits per heavy atom. The van der Waals surface area contributed by atoms with Gasteiger partial charge in [-0.1, -0.05) is 28.6 Å². The second kappa shape index (κ2) is 8.86. The molecular formula is C22H20BrN5O. The number of halogens is 1. The summed E-state index contributed by atoms with van der Waals surface area (Å²) in [4.78, 5) is 18.4. The van der Waals surface area contributed by atoms with Crippen LogP contribution in [0.2, 0.25) is 0 Å². The van der Waals surface area contributed by atoms with Crippen molar-refractivity contribution in [2.45, 2.75) is 6.54 Å². The number of nitrogens with zero attached hydrogens (tertiary/aromatic N) is 3. The second-order valence-corrected chi connectivity index (χ2v) is 7.67. The van der Waals surface area contributed by atoms with E-state index in [4.69, 9.17) is 0 Å². The van der Waals surface area contributed by atoms with E-state index < -0.39 is 0 Å². The molecule has 6 nitrogen and oxygen atoms in total. The van der Waals surface area contributed by atoms with Crippen molar-refractivity contribution in [3.63, 3.8) is 0 Å². The minimum atomic E-state index is -0.300. The summed E-state index contributed by atoms with van der Waals surface area (Å²) in [7, 11) is 3.93. The lowest BCUT2D eigenvalue weighted by Gasteiger charge is -2.17. The molecular weight excluding hydrogens is 430 g/mol. The van der Waals surface area contributed by atoms with E-state index in [9.17, 15) is 10.1 Å². The zero-order valence-corrected chi connectivity index (χ0v) is 17.7. The smallest absolute Gasteiger partial charge is 0.247 e. The molecule has 7 heteroatoms. The molecule has 0 unspecified atom stereocenters. The Balaban J connectivity index is 2.24. The molecule has 3 rings (SSSR count). The number of hydrogen-bond acceptors (Lipinski definition) is 5. The fourth-order valence-corrected chi connectivity index (χ4v) is 3.43. The second-order valence-electron chi connectivity index (χ2n) is 6.76. The molecule has 0 saturated heterocycles. The number of amides is 1. The fraction of sp³-hybridized carbons (Fsp3) is 0.136. The van der Waals surface area contributed by atoms with Gasteiger partial charge in [0.15, 0.2) is 0 Å². The summed E-state index contributed by atoms with van der Waals surface area (Å²) in [6, 6.07) is 13.6. The molecule has 2 aromatic carbocycles. The lowest BCUT2D eigenvalue weighted by Crippen LogP contribution is -2.13. The number of fused-ring (bicyclic) bond motifs is 1. The van der Waals surface area contributed by atoms with E-state index >= 15 is 0 Å². The van der Waals surface area contributed by atoms with E-state index in [0.29, 0.717) is 23.5 Å². The molecule has 0 aliphatic carbocycles. The lowest BCUT2D eigenvalue weighted by molar-refractivity contribution is -0.111. The molecule has 29 heavy (non-hydrogen) atoms. The average Bonchev–Trinajstić information content (AvgIpc) is 2.68. The minimum absolute atomic E-state index is 0.300. The van der Waals surface area contributed by atoms with Crippen molar-refractivity contribution < 1.29 is 4.79 Å². The summed E-state index contributed by atoms with van der Waals surface area (Å²) in [5, 5.41) is 16.6. The molecule has 2 N–H and O–H groups in total. The molecule has 0 aliphatic heterocycles. The number of carbonyl (C=O) groups excluding carboxylic acids is 1. The number of benzene rings is 2. The fourth-order valence-electron chi connectivity index (χ4n) is 3.03. The van der Waals surface area contributed by atoms with Crippen molar-refractivity contribution in [2.75, 3.05) is 24.7 Å². The maximum absolute atomic E-state index is 11.9. The van der Waals surface area contributed by atoms with Crippen LogP contribution in [-0.4, -0.2) is 29.9 Å². The van der Waals surface area contributed by atoms with E-state index in [1.54, 1.807) is 6.20 Å². The highest BCUT2D eigenvalue weighted by Gasteiger charge is 2.15. The van der Waals surface area contributed by atoms with Gasteiger partial charge in [0.25, 0.3) is 0 Å². The number of pyridine rings is 1. The Labute approximate surface area is 178 Å². The van der Waals surface area contributed by atoms with E-state index in [1.165, 1.54) is 6.08 Å². The number of rotatable bonds is 6. The summed E-state index contributed by atoms with van der Waals surface area (Å²) in [5.41, 5.74) is 4.22. The highest BCUT2D eigenvalue weighted by molar-refractivity contribution is 9.10. The third-order valence-electron chi connectivity index (χ3n) is 4.20. The Kier molecular flexibility index (Phi) is 6.27. The molecule has 3 aromatic rings. The van der Waals surface area contributed by atoms with Crippen molar-refractivity contribution in [1.29, 1.82) is 5.26 Å². The maximum Gasteiger partial charge on any atom is 0.247 e. The van der Waals surface area contributed by atoms with E-state index in [0.717, 1.165) is 26.6 Å². The quantitative estimate of drug-likeness (QED) is 0.528. The lowest BCUT2D eigenvalue weighted by atomic mass is 10.0. The van der Waals surface area contributed by atoms with Crippen molar-refractivity contribution in [1.82, 2.24) is 9.88 Å². The zero-order valence-electron chi connectivity index (χ0n) is 16.2. The van der Waals surface area contributed by atoms with Gasteiger partial charge in [0.2, 0.25) is 5.91 Å². The van der Waals surface area contributed by atoms with Crippen molar-refractivity contribution in [2.24, 2.45) is 0 Å². The van der Waals surface area contributed by atoms with Crippen LogP contribution < -0.4 is 10.6 Å². The standard InChI is InChI=1S/C22H20BrN5O/c1-4-20(29)26-18-8-14(13-28(2)3)21-19(10-18)22(15(11-24)12-25-21)27-17-7-5-6-16(23)9-17/h4-10,12H,1,13H2,2-3H3,(H,25,27)(H,26,29). The van der Waals surface area contributed by atoms with Gasteiger partial charge in [-0.05, 0) is 56.1 Å². The predicted molar refractivity (Wildman–Crippen MR) is 120 cm³/mol. The Bertz CT molecular complexity index is 1130. The molecule has 0 radical (unpaired) electrons. The SMILES string of the molecule is C=CC(=O)Nc1cc(CN(C)C)c2ncc(C#N)c(Nc3cccc(Br)c3)c2c1. The maximum atomic E-state index is 11.9. The summed E-state index contributed by atoms with van der Waals surface area (Å²) in [6.07, 6.45) is 2.80. The first-order valence-corrected chi connectivity index (χ1v) is 9.67. The molecule has 146 valence electrons. The number of hydrogen-bond donors (Lipinski definition) is 2. The van der Waals surface area contributed by atoms with Gasteiger partial charge in [-0.15, -0.1) is 0 Å². The van der Waals surface area contributed by atoms with Gasteiger partial charge in [-0.3, -0.25) is 9.78 Å². The summed E-state index contributed by atoms with van der Waals surface area (Å²) < 4.78 is 0.923. The highest BCUT2D eigenvalue weighted by atomic mass is 79.9. The Morgan fingerprint density at radius 2 is 2.10 bits per heavy atom. The number of nitriles is 1. The molecule has 0 saturated carbocycles. The summed E-state index contributed by atoms with van der Waals surface area (Å²) >= 11 is 3.47. The van der Waals surface area contributed by atoms with E-state index in [2.05, 4.69) is 44.2 Å². The average molecular weight is 450 g/mol. The van der Waals surface area contributed by atoms with Gasteiger partial charge in [0.05, 0.1) is 16.8 Å². The van der Waals surface area contributed by atoms with Crippen molar-refractivity contribution in [3.8, 4) is 6.07 Å². The number of nitrogens with one attached hydrogen (secondary N) is 2. The number of aromatic nitrogens is 1. The first kappa shape index (κ1) is 20.5. The normalized spacial score (nSPS) is 10.6.